The second-order valence-electron chi connectivity index (χ2n) is 10.3. The average molecular weight is 628 g/mol. The van der Waals surface area contributed by atoms with Gasteiger partial charge in [0.15, 0.2) is 0 Å². The zero-order valence-corrected chi connectivity index (χ0v) is 25.2. The Balaban J connectivity index is 0.00000357. The summed E-state index contributed by atoms with van der Waals surface area (Å²) in [6, 6.07) is 56.8. The molecule has 1 heterocycles. The number of para-hydroxylation sites is 4. The van der Waals surface area contributed by atoms with E-state index in [9.17, 15) is 0 Å². The SMILES string of the molecule is [Cu].c1ccc(C2=Nc3ccccc3N=C(c3ccccc3)C(c3ccccc3)=Nc3ccccc3N=C2c2ccccc2)cc1. The molecule has 45 heavy (non-hydrogen) atoms. The molecule has 219 valence electrons. The van der Waals surface area contributed by atoms with Crippen molar-refractivity contribution in [3.05, 3.63) is 192 Å². The third-order valence-corrected chi connectivity index (χ3v) is 7.33. The van der Waals surface area contributed by atoms with Gasteiger partial charge in [0.25, 0.3) is 0 Å². The molecule has 0 spiro atoms. The van der Waals surface area contributed by atoms with Crippen LogP contribution in [0.25, 0.3) is 0 Å². The minimum atomic E-state index is 0. The number of fused-ring (bicyclic) bond motifs is 2. The summed E-state index contributed by atoms with van der Waals surface area (Å²) >= 11 is 0. The molecule has 0 aliphatic carbocycles. The quantitative estimate of drug-likeness (QED) is 0.175. The minimum Gasteiger partial charge on any atom is -0.244 e. The Labute approximate surface area is 273 Å². The molecule has 0 N–H and O–H groups in total. The molecule has 4 nitrogen and oxygen atoms in total. The molecule has 0 aromatic heterocycles. The zero-order valence-electron chi connectivity index (χ0n) is 24.3. The normalized spacial score (nSPS) is 12.8. The fourth-order valence-electron chi connectivity index (χ4n) is 5.19. The van der Waals surface area contributed by atoms with E-state index in [2.05, 4.69) is 48.5 Å². The molecular formula is C40H28CuN4. The van der Waals surface area contributed by atoms with Crippen molar-refractivity contribution in [1.29, 1.82) is 0 Å². The van der Waals surface area contributed by atoms with Crippen LogP contribution >= 0.6 is 0 Å². The first-order chi connectivity index (χ1) is 21.8. The van der Waals surface area contributed by atoms with Gasteiger partial charge in [-0.1, -0.05) is 146 Å². The van der Waals surface area contributed by atoms with Gasteiger partial charge in [0.05, 0.1) is 45.6 Å². The number of hydrogen-bond donors (Lipinski definition) is 0. The van der Waals surface area contributed by atoms with Gasteiger partial charge in [-0.3, -0.25) is 0 Å². The second kappa shape index (κ2) is 13.9. The summed E-state index contributed by atoms with van der Waals surface area (Å²) in [4.78, 5) is 21.4. The van der Waals surface area contributed by atoms with E-state index in [1.807, 2.05) is 121 Å². The molecule has 0 fully saturated rings. The molecule has 1 radical (unpaired) electrons. The molecule has 0 bridgehead atoms. The number of aliphatic imine (C=N–C) groups is 4. The van der Waals surface area contributed by atoms with Crippen molar-refractivity contribution in [2.75, 3.05) is 0 Å². The average Bonchev–Trinajstić information content (AvgIpc) is 3.10. The van der Waals surface area contributed by atoms with Crippen molar-refractivity contribution in [3.63, 3.8) is 0 Å². The van der Waals surface area contributed by atoms with Crippen LogP contribution in [0.5, 0.6) is 0 Å². The summed E-state index contributed by atoms with van der Waals surface area (Å²) < 4.78 is 0. The van der Waals surface area contributed by atoms with Crippen LogP contribution in [0.3, 0.4) is 0 Å². The van der Waals surface area contributed by atoms with E-state index in [1.165, 1.54) is 0 Å². The van der Waals surface area contributed by atoms with E-state index < -0.39 is 0 Å². The van der Waals surface area contributed by atoms with Gasteiger partial charge >= 0.3 is 0 Å². The Hall–Kier alpha value is -5.48. The predicted molar refractivity (Wildman–Crippen MR) is 183 cm³/mol. The Morgan fingerprint density at radius 3 is 0.600 bits per heavy atom. The summed E-state index contributed by atoms with van der Waals surface area (Å²) in [6.07, 6.45) is 0. The fourth-order valence-corrected chi connectivity index (χ4v) is 5.19. The predicted octanol–water partition coefficient (Wildman–Crippen LogP) is 9.88. The van der Waals surface area contributed by atoms with Gasteiger partial charge < -0.3 is 0 Å². The second-order valence-corrected chi connectivity index (χ2v) is 10.3. The topological polar surface area (TPSA) is 49.4 Å². The first-order valence-corrected chi connectivity index (χ1v) is 14.6. The van der Waals surface area contributed by atoms with E-state index in [0.717, 1.165) is 67.9 Å². The van der Waals surface area contributed by atoms with Crippen molar-refractivity contribution in [2.24, 2.45) is 20.0 Å². The van der Waals surface area contributed by atoms with Gasteiger partial charge in [-0.25, -0.2) is 20.0 Å². The van der Waals surface area contributed by atoms with Crippen LogP contribution < -0.4 is 0 Å². The summed E-state index contributed by atoms with van der Waals surface area (Å²) in [5, 5.41) is 0. The third kappa shape index (κ3) is 6.56. The van der Waals surface area contributed by atoms with Crippen molar-refractivity contribution >= 4 is 45.6 Å². The van der Waals surface area contributed by atoms with Crippen LogP contribution in [0, 0.1) is 0 Å². The molecule has 6 aromatic rings. The molecule has 5 heteroatoms. The molecule has 0 saturated heterocycles. The summed E-state index contributed by atoms with van der Waals surface area (Å²) in [5.41, 5.74) is 9.81. The molecule has 0 atom stereocenters. The number of rotatable bonds is 4. The number of hydrogen-bond acceptors (Lipinski definition) is 4. The Morgan fingerprint density at radius 1 is 0.222 bits per heavy atom. The maximum Gasteiger partial charge on any atom is 0.0973 e. The van der Waals surface area contributed by atoms with Gasteiger partial charge in [-0.2, -0.15) is 0 Å². The Kier molecular flexibility index (Phi) is 9.12. The smallest absolute Gasteiger partial charge is 0.0973 e. The summed E-state index contributed by atoms with van der Waals surface area (Å²) in [7, 11) is 0. The van der Waals surface area contributed by atoms with Crippen molar-refractivity contribution < 1.29 is 17.1 Å². The molecule has 1 aliphatic rings. The number of benzene rings is 6. The zero-order chi connectivity index (χ0) is 29.6. The maximum atomic E-state index is 5.34. The Bertz CT molecular complexity index is 1730. The van der Waals surface area contributed by atoms with Gasteiger partial charge in [-0.05, 0) is 24.3 Å². The van der Waals surface area contributed by atoms with Gasteiger partial charge in [0.2, 0.25) is 0 Å². The van der Waals surface area contributed by atoms with Gasteiger partial charge in [-0.15, -0.1) is 0 Å². The van der Waals surface area contributed by atoms with Crippen LogP contribution in [0.4, 0.5) is 22.7 Å². The minimum absolute atomic E-state index is 0. The van der Waals surface area contributed by atoms with Crippen LogP contribution in [0.15, 0.2) is 190 Å². The Morgan fingerprint density at radius 2 is 0.400 bits per heavy atom. The van der Waals surface area contributed by atoms with Crippen LogP contribution in [-0.4, -0.2) is 22.8 Å². The van der Waals surface area contributed by atoms with E-state index in [0.29, 0.717) is 0 Å². The molecule has 1 aliphatic heterocycles. The summed E-state index contributed by atoms with van der Waals surface area (Å²) in [5.74, 6) is 0. The van der Waals surface area contributed by atoms with Crippen molar-refractivity contribution in [3.8, 4) is 0 Å². The molecule has 0 amide bonds. The molecule has 0 saturated carbocycles. The first kappa shape index (κ1) is 29.6. The number of nitrogens with zero attached hydrogens (tertiary/aromatic N) is 4. The van der Waals surface area contributed by atoms with Gasteiger partial charge in [0, 0.05) is 39.3 Å². The van der Waals surface area contributed by atoms with E-state index >= 15 is 0 Å². The van der Waals surface area contributed by atoms with Crippen LogP contribution in [0.2, 0.25) is 0 Å². The van der Waals surface area contributed by atoms with Crippen LogP contribution in [0.1, 0.15) is 22.3 Å². The maximum absolute atomic E-state index is 5.34. The van der Waals surface area contributed by atoms with E-state index in [4.69, 9.17) is 20.0 Å². The largest absolute Gasteiger partial charge is 0.244 e. The fraction of sp³-hybridized carbons (Fsp3) is 0. The standard InChI is InChI=1S/C40H28N4.Cu/c1-5-17-29(18-6-1)37-38(30-19-7-2-8-20-30)42-35-27-15-16-28-36(35)44-40(32-23-11-4-12-24-32)39(31-21-9-3-10-22-31)43-34-26-14-13-25-33(34)41-37;/h1-28H;. The first-order valence-electron chi connectivity index (χ1n) is 14.6. The van der Waals surface area contributed by atoms with Crippen molar-refractivity contribution in [2.45, 2.75) is 0 Å². The molecular weight excluding hydrogens is 600 g/mol. The summed E-state index contributed by atoms with van der Waals surface area (Å²) in [6.45, 7) is 0. The van der Waals surface area contributed by atoms with E-state index in [1.54, 1.807) is 0 Å². The molecule has 7 rings (SSSR count). The van der Waals surface area contributed by atoms with Gasteiger partial charge in [0.1, 0.15) is 0 Å². The van der Waals surface area contributed by atoms with E-state index in [-0.39, 0.29) is 17.1 Å². The molecule has 0 unspecified atom stereocenters. The molecule has 6 aromatic carbocycles. The monoisotopic (exact) mass is 627 g/mol. The third-order valence-electron chi connectivity index (χ3n) is 7.33. The van der Waals surface area contributed by atoms with Crippen molar-refractivity contribution in [1.82, 2.24) is 0 Å². The van der Waals surface area contributed by atoms with Crippen LogP contribution in [-0.2, 0) is 17.1 Å².